The maximum absolute atomic E-state index is 15.2. The number of halogens is 5. The molecular weight excluding hydrogens is 560 g/mol. The number of nitrogens with zero attached hydrogens (tertiary/aromatic N) is 3. The highest BCUT2D eigenvalue weighted by atomic mass is 32.2. The summed E-state index contributed by atoms with van der Waals surface area (Å²) in [6, 6.07) is 9.79. The Hall–Kier alpha value is -3.11. The molecule has 39 heavy (non-hydrogen) atoms. The van der Waals surface area contributed by atoms with Crippen LogP contribution in [0.3, 0.4) is 0 Å². The Morgan fingerprint density at radius 1 is 1.03 bits per heavy atom. The number of benzene rings is 2. The zero-order chi connectivity index (χ0) is 27.6. The second-order valence-corrected chi connectivity index (χ2v) is 10.9. The van der Waals surface area contributed by atoms with Crippen LogP contribution in [0.1, 0.15) is 46.1 Å². The van der Waals surface area contributed by atoms with Crippen LogP contribution in [-0.4, -0.2) is 34.4 Å². The highest BCUT2D eigenvalue weighted by molar-refractivity contribution is 7.98. The minimum atomic E-state index is -4.50. The molecule has 204 valence electrons. The smallest absolute Gasteiger partial charge is 0.392 e. The van der Waals surface area contributed by atoms with E-state index in [1.165, 1.54) is 33.6 Å². The molecule has 4 heterocycles. The van der Waals surface area contributed by atoms with Gasteiger partial charge in [-0.25, -0.2) is 8.78 Å². The predicted octanol–water partition coefficient (Wildman–Crippen LogP) is 5.38. The number of hydrogen-bond donors (Lipinski definition) is 0. The minimum Gasteiger partial charge on any atom is -0.474 e. The maximum atomic E-state index is 15.2. The first-order chi connectivity index (χ1) is 18.6. The van der Waals surface area contributed by atoms with Crippen LogP contribution in [-0.2, 0) is 5.75 Å². The van der Waals surface area contributed by atoms with Gasteiger partial charge in [0, 0.05) is 35.0 Å². The monoisotopic (exact) mass is 581 g/mol. The summed E-state index contributed by atoms with van der Waals surface area (Å²) < 4.78 is 78.1. The van der Waals surface area contributed by atoms with Crippen molar-refractivity contribution in [2.24, 2.45) is 5.92 Å². The number of aromatic nitrogens is 1. The van der Waals surface area contributed by atoms with Gasteiger partial charge in [0.05, 0.1) is 21.4 Å². The number of fused-ring (bicyclic) bond motifs is 4. The number of carbonyl (C=O) groups is 1. The van der Waals surface area contributed by atoms with Crippen molar-refractivity contribution in [1.82, 2.24) is 9.58 Å². The third-order valence-electron chi connectivity index (χ3n) is 7.58. The second-order valence-electron chi connectivity index (χ2n) is 9.60. The Bertz CT molecular complexity index is 1550. The van der Waals surface area contributed by atoms with Gasteiger partial charge in [-0.1, -0.05) is 24.3 Å². The molecule has 0 bridgehead atoms. The Labute approximate surface area is 226 Å². The lowest BCUT2D eigenvalue weighted by Crippen LogP contribution is -2.65. The molecule has 1 fully saturated rings. The van der Waals surface area contributed by atoms with Crippen molar-refractivity contribution < 1.29 is 31.3 Å². The van der Waals surface area contributed by atoms with E-state index in [0.717, 1.165) is 17.0 Å². The molecule has 1 saturated heterocycles. The lowest BCUT2D eigenvalue weighted by Gasteiger charge is -2.53. The van der Waals surface area contributed by atoms with Crippen LogP contribution in [0.5, 0.6) is 5.75 Å². The van der Waals surface area contributed by atoms with Gasteiger partial charge in [-0.2, -0.15) is 13.2 Å². The third kappa shape index (κ3) is 4.10. The molecule has 3 aliphatic rings. The molecule has 6 nitrogen and oxygen atoms in total. The molecule has 0 saturated carbocycles. The molecule has 0 spiro atoms. The van der Waals surface area contributed by atoms with Gasteiger partial charge in [0.2, 0.25) is 11.2 Å². The normalized spacial score (nSPS) is 22.4. The number of hydrogen-bond acceptors (Lipinski definition) is 5. The standard InChI is InChI=1S/C26H21F5N3O3PS/c27-17-6-5-14-16(21(17)28)12-39-19-4-2-1-3-15(19)22(14)34-20-11-13(26(29,30)31)7-9-32(20)25(36)23-24(37-38)18(35)8-10-33(23)34/h1-6,8,10,13,20,22H,7,9,11-12,38H2/t13-,20-,22+/m1/s1. The van der Waals surface area contributed by atoms with Crippen LogP contribution in [0.4, 0.5) is 22.0 Å². The zero-order valence-electron chi connectivity index (χ0n) is 20.1. The summed E-state index contributed by atoms with van der Waals surface area (Å²) in [5, 5.41) is 1.57. The summed E-state index contributed by atoms with van der Waals surface area (Å²) >= 11 is 1.29. The lowest BCUT2D eigenvalue weighted by molar-refractivity contribution is -0.189. The summed E-state index contributed by atoms with van der Waals surface area (Å²) in [7, 11) is 1.93. The Morgan fingerprint density at radius 3 is 2.54 bits per heavy atom. The van der Waals surface area contributed by atoms with E-state index in [4.69, 9.17) is 4.52 Å². The summed E-state index contributed by atoms with van der Waals surface area (Å²) in [6.45, 7) is -0.211. The first kappa shape index (κ1) is 26.1. The van der Waals surface area contributed by atoms with Gasteiger partial charge < -0.3 is 9.42 Å². The van der Waals surface area contributed by atoms with Gasteiger partial charge >= 0.3 is 6.18 Å². The summed E-state index contributed by atoms with van der Waals surface area (Å²) in [5.41, 5.74) is 0.343. The molecule has 0 N–H and O–H groups in total. The number of amides is 1. The van der Waals surface area contributed by atoms with Crippen LogP contribution >= 0.6 is 21.2 Å². The van der Waals surface area contributed by atoms with Gasteiger partial charge in [0.1, 0.15) is 6.17 Å². The van der Waals surface area contributed by atoms with Gasteiger partial charge in [0.25, 0.3) is 5.91 Å². The lowest BCUT2D eigenvalue weighted by atomic mass is 9.89. The summed E-state index contributed by atoms with van der Waals surface area (Å²) in [6.07, 6.45) is -5.03. The van der Waals surface area contributed by atoms with Gasteiger partial charge in [-0.05, 0) is 36.1 Å². The van der Waals surface area contributed by atoms with Crippen LogP contribution in [0.25, 0.3) is 0 Å². The first-order valence-corrected chi connectivity index (χ1v) is 13.5. The third-order valence-corrected chi connectivity index (χ3v) is 8.94. The number of pyridine rings is 1. The zero-order valence-corrected chi connectivity index (χ0v) is 22.1. The molecule has 13 heteroatoms. The molecule has 1 unspecified atom stereocenters. The molecular formula is C26H21F5N3O3PS. The Morgan fingerprint density at radius 2 is 1.79 bits per heavy atom. The highest BCUT2D eigenvalue weighted by Gasteiger charge is 2.52. The number of alkyl halides is 3. The molecule has 1 amide bonds. The van der Waals surface area contributed by atoms with E-state index in [1.54, 1.807) is 23.2 Å². The van der Waals surface area contributed by atoms with Crippen LogP contribution in [0.15, 0.2) is 58.4 Å². The molecule has 1 aromatic heterocycles. The highest BCUT2D eigenvalue weighted by Crippen LogP contribution is 2.47. The topological polar surface area (TPSA) is 54.8 Å². The molecule has 0 aliphatic carbocycles. The quantitative estimate of drug-likeness (QED) is 0.301. The fourth-order valence-electron chi connectivity index (χ4n) is 5.77. The molecule has 0 radical (unpaired) electrons. The van der Waals surface area contributed by atoms with E-state index in [9.17, 15) is 27.2 Å². The van der Waals surface area contributed by atoms with Crippen molar-refractivity contribution in [2.45, 2.75) is 41.9 Å². The number of piperidine rings is 1. The molecule has 3 aliphatic heterocycles. The van der Waals surface area contributed by atoms with Crippen LogP contribution in [0, 0.1) is 17.6 Å². The molecule has 6 rings (SSSR count). The van der Waals surface area contributed by atoms with E-state index in [0.29, 0.717) is 11.1 Å². The molecule has 4 atom stereocenters. The maximum Gasteiger partial charge on any atom is 0.392 e. The van der Waals surface area contributed by atoms with E-state index < -0.39 is 53.7 Å². The van der Waals surface area contributed by atoms with E-state index in [-0.39, 0.29) is 35.7 Å². The van der Waals surface area contributed by atoms with Crippen molar-refractivity contribution in [3.8, 4) is 5.75 Å². The van der Waals surface area contributed by atoms with E-state index in [2.05, 4.69) is 0 Å². The van der Waals surface area contributed by atoms with Crippen molar-refractivity contribution in [2.75, 3.05) is 11.6 Å². The van der Waals surface area contributed by atoms with E-state index in [1.807, 2.05) is 15.5 Å². The van der Waals surface area contributed by atoms with Crippen molar-refractivity contribution in [3.63, 3.8) is 0 Å². The van der Waals surface area contributed by atoms with Crippen molar-refractivity contribution >= 4 is 27.1 Å². The first-order valence-electron chi connectivity index (χ1n) is 12.1. The van der Waals surface area contributed by atoms with Gasteiger partial charge in [-0.15, -0.1) is 11.8 Å². The fourth-order valence-corrected chi connectivity index (χ4v) is 7.11. The number of carbonyl (C=O) groups excluding carboxylic acids is 1. The van der Waals surface area contributed by atoms with Crippen molar-refractivity contribution in [1.29, 1.82) is 0 Å². The Kier molecular flexibility index (Phi) is 6.38. The van der Waals surface area contributed by atoms with Gasteiger partial charge in [0.15, 0.2) is 17.3 Å². The summed E-state index contributed by atoms with van der Waals surface area (Å²) in [4.78, 5) is 28.4. The average molecular weight is 582 g/mol. The van der Waals surface area contributed by atoms with Crippen molar-refractivity contribution in [3.05, 3.63) is 92.9 Å². The van der Waals surface area contributed by atoms with Gasteiger partial charge in [-0.3, -0.25) is 19.3 Å². The molecule has 2 aromatic carbocycles. The SMILES string of the molecule is O=C1c2c(OP)c(=O)ccn2N([C@@H]2c3ccccc3SCc3c2ccc(F)c3F)[C@@H]2C[C@H](C(F)(F)F)CCN12. The van der Waals surface area contributed by atoms with Crippen LogP contribution in [0.2, 0.25) is 0 Å². The predicted molar refractivity (Wildman–Crippen MR) is 137 cm³/mol. The second kappa shape index (κ2) is 9.52. The largest absolute Gasteiger partial charge is 0.474 e. The van der Waals surface area contributed by atoms with E-state index >= 15 is 4.39 Å². The average Bonchev–Trinajstić information content (AvgIpc) is 3.08. The summed E-state index contributed by atoms with van der Waals surface area (Å²) in [5.74, 6) is -4.59. The fraction of sp³-hybridized carbons (Fsp3) is 0.308. The van der Waals surface area contributed by atoms with Crippen LogP contribution < -0.4 is 15.0 Å². The minimum absolute atomic E-state index is 0.0814. The Balaban J connectivity index is 1.66. The number of thioether (sulfide) groups is 1. The number of rotatable bonds is 2. The molecule has 3 aromatic rings.